The molecule has 1 saturated heterocycles. The molecule has 6 nitrogen and oxygen atoms in total. The second-order valence-electron chi connectivity index (χ2n) is 5.33. The van der Waals surface area contributed by atoms with Crippen molar-refractivity contribution < 1.29 is 37.3 Å². The van der Waals surface area contributed by atoms with Crippen molar-refractivity contribution in [2.24, 2.45) is 0 Å². The average Bonchev–Trinajstić information content (AvgIpc) is 2.52. The van der Waals surface area contributed by atoms with Crippen LogP contribution in [0.15, 0.2) is 30.3 Å². The summed E-state index contributed by atoms with van der Waals surface area (Å²) in [6, 6.07) is 8.66. The topological polar surface area (TPSA) is 76.1 Å². The van der Waals surface area contributed by atoms with Crippen LogP contribution in [0.4, 0.5) is 18.0 Å². The molecule has 1 N–H and O–H groups in total. The number of nitrogens with zero attached hydrogens (tertiary/aromatic N) is 1. The van der Waals surface area contributed by atoms with E-state index in [2.05, 4.69) is 0 Å². The third-order valence-corrected chi connectivity index (χ3v) is 3.40. The predicted octanol–water partition coefficient (Wildman–Crippen LogP) is 2.43. The zero-order valence-corrected chi connectivity index (χ0v) is 12.5. The molecule has 1 aromatic rings. The number of morpholine rings is 1. The van der Waals surface area contributed by atoms with Crippen molar-refractivity contribution in [2.75, 3.05) is 13.1 Å². The minimum atomic E-state index is -4.70. The van der Waals surface area contributed by atoms with E-state index in [1.54, 1.807) is 30.3 Å². The highest BCUT2D eigenvalue weighted by atomic mass is 19.4. The highest BCUT2D eigenvalue weighted by Gasteiger charge is 2.47. The van der Waals surface area contributed by atoms with Gasteiger partial charge in [-0.3, -0.25) is 4.79 Å². The quantitative estimate of drug-likeness (QED) is 0.905. The highest BCUT2D eigenvalue weighted by Crippen LogP contribution is 2.29. The van der Waals surface area contributed by atoms with Gasteiger partial charge in [0.2, 0.25) is 0 Å². The maximum Gasteiger partial charge on any atom is 0.416 e. The molecule has 1 aliphatic heterocycles. The Kier molecular flexibility index (Phi) is 5.66. The molecule has 1 amide bonds. The van der Waals surface area contributed by atoms with Gasteiger partial charge in [-0.05, 0) is 5.56 Å². The van der Waals surface area contributed by atoms with Crippen molar-refractivity contribution in [3.8, 4) is 0 Å². The minimum absolute atomic E-state index is 0.0860. The Balaban J connectivity index is 2.00. The van der Waals surface area contributed by atoms with Crippen LogP contribution >= 0.6 is 0 Å². The Morgan fingerprint density at radius 3 is 2.50 bits per heavy atom. The molecule has 0 bridgehead atoms. The molecule has 1 fully saturated rings. The van der Waals surface area contributed by atoms with Gasteiger partial charge in [0.25, 0.3) is 0 Å². The molecule has 0 aromatic heterocycles. The Morgan fingerprint density at radius 2 is 1.92 bits per heavy atom. The third kappa shape index (κ3) is 5.12. The van der Waals surface area contributed by atoms with Crippen LogP contribution in [0.5, 0.6) is 0 Å². The number of ether oxygens (including phenoxy) is 2. The van der Waals surface area contributed by atoms with Crippen molar-refractivity contribution in [3.05, 3.63) is 35.9 Å². The molecule has 24 heavy (non-hydrogen) atoms. The number of benzene rings is 1. The SMILES string of the molecule is O=C(O)C[C@@H]1CN(C(=O)OCc2ccccc2)C[C@@H](C(F)(F)F)O1. The predicted molar refractivity (Wildman–Crippen MR) is 75.2 cm³/mol. The molecule has 2 rings (SSSR count). The Hall–Kier alpha value is -2.29. The monoisotopic (exact) mass is 347 g/mol. The van der Waals surface area contributed by atoms with Crippen LogP contribution in [0.25, 0.3) is 0 Å². The molecule has 0 spiro atoms. The lowest BCUT2D eigenvalue weighted by Gasteiger charge is -2.37. The molecular weight excluding hydrogens is 331 g/mol. The highest BCUT2D eigenvalue weighted by molar-refractivity contribution is 5.69. The third-order valence-electron chi connectivity index (χ3n) is 3.40. The van der Waals surface area contributed by atoms with Crippen LogP contribution in [0.2, 0.25) is 0 Å². The van der Waals surface area contributed by atoms with Gasteiger partial charge < -0.3 is 19.5 Å². The Morgan fingerprint density at radius 1 is 1.25 bits per heavy atom. The maximum absolute atomic E-state index is 12.9. The number of amides is 1. The molecule has 0 aliphatic carbocycles. The Labute approximate surface area is 135 Å². The second-order valence-corrected chi connectivity index (χ2v) is 5.33. The zero-order valence-electron chi connectivity index (χ0n) is 12.5. The summed E-state index contributed by atoms with van der Waals surface area (Å²) >= 11 is 0. The van der Waals surface area contributed by atoms with Crippen LogP contribution in [-0.4, -0.2) is 53.5 Å². The summed E-state index contributed by atoms with van der Waals surface area (Å²) in [7, 11) is 0. The van der Waals surface area contributed by atoms with Crippen molar-refractivity contribution >= 4 is 12.1 Å². The summed E-state index contributed by atoms with van der Waals surface area (Å²) in [5.74, 6) is -1.31. The van der Waals surface area contributed by atoms with Crippen molar-refractivity contribution in [1.82, 2.24) is 4.90 Å². The van der Waals surface area contributed by atoms with Gasteiger partial charge in [0.15, 0.2) is 6.10 Å². The number of aliphatic carboxylic acids is 1. The lowest BCUT2D eigenvalue weighted by atomic mass is 10.1. The summed E-state index contributed by atoms with van der Waals surface area (Å²) in [6.45, 7) is -1.09. The second kappa shape index (κ2) is 7.52. The molecule has 132 valence electrons. The van der Waals surface area contributed by atoms with Gasteiger partial charge in [0.1, 0.15) is 6.61 Å². The van der Waals surface area contributed by atoms with Gasteiger partial charge in [0, 0.05) is 0 Å². The van der Waals surface area contributed by atoms with E-state index in [4.69, 9.17) is 14.6 Å². The molecule has 2 atom stereocenters. The van der Waals surface area contributed by atoms with Gasteiger partial charge in [-0.25, -0.2) is 4.79 Å². The van der Waals surface area contributed by atoms with E-state index in [9.17, 15) is 22.8 Å². The molecule has 0 saturated carbocycles. The fourth-order valence-corrected chi connectivity index (χ4v) is 2.29. The number of alkyl halides is 3. The minimum Gasteiger partial charge on any atom is -0.481 e. The number of carboxylic acid groups (broad SMARTS) is 1. The standard InChI is InChI=1S/C15H16F3NO5/c16-15(17,18)12-8-19(7-11(24-12)6-13(20)21)14(22)23-9-10-4-2-1-3-5-10/h1-5,11-12H,6-9H2,(H,20,21)/t11-,12+/m1/s1. The maximum atomic E-state index is 12.9. The summed E-state index contributed by atoms with van der Waals surface area (Å²) in [4.78, 5) is 23.6. The number of halogens is 3. The molecule has 1 aliphatic rings. The van der Waals surface area contributed by atoms with Gasteiger partial charge >= 0.3 is 18.2 Å². The first kappa shape index (κ1) is 18.1. The van der Waals surface area contributed by atoms with E-state index in [-0.39, 0.29) is 13.2 Å². The van der Waals surface area contributed by atoms with Crippen molar-refractivity contribution in [2.45, 2.75) is 31.4 Å². The van der Waals surface area contributed by atoms with E-state index in [0.29, 0.717) is 5.56 Å². The van der Waals surface area contributed by atoms with E-state index in [1.807, 2.05) is 0 Å². The van der Waals surface area contributed by atoms with Gasteiger partial charge in [-0.15, -0.1) is 0 Å². The smallest absolute Gasteiger partial charge is 0.416 e. The first-order chi connectivity index (χ1) is 11.3. The first-order valence-electron chi connectivity index (χ1n) is 7.15. The molecule has 0 radical (unpaired) electrons. The normalized spacial score (nSPS) is 21.4. The van der Waals surface area contributed by atoms with Gasteiger partial charge in [-0.1, -0.05) is 30.3 Å². The average molecular weight is 347 g/mol. The van der Waals surface area contributed by atoms with E-state index in [1.165, 1.54) is 0 Å². The first-order valence-corrected chi connectivity index (χ1v) is 7.15. The number of hydrogen-bond acceptors (Lipinski definition) is 4. The van der Waals surface area contributed by atoms with E-state index in [0.717, 1.165) is 4.90 Å². The lowest BCUT2D eigenvalue weighted by Crippen LogP contribution is -2.55. The number of rotatable bonds is 4. The fourth-order valence-electron chi connectivity index (χ4n) is 2.29. The molecule has 1 aromatic carbocycles. The molecule has 9 heteroatoms. The molecule has 1 heterocycles. The van der Waals surface area contributed by atoms with Crippen LogP contribution in [0, 0.1) is 0 Å². The van der Waals surface area contributed by atoms with Crippen molar-refractivity contribution in [3.63, 3.8) is 0 Å². The number of carbonyl (C=O) groups is 2. The number of carbonyl (C=O) groups excluding carboxylic acids is 1. The van der Waals surface area contributed by atoms with Crippen LogP contribution in [0.1, 0.15) is 12.0 Å². The van der Waals surface area contributed by atoms with Crippen LogP contribution in [0.3, 0.4) is 0 Å². The van der Waals surface area contributed by atoms with Crippen LogP contribution in [-0.2, 0) is 20.9 Å². The lowest BCUT2D eigenvalue weighted by molar-refractivity contribution is -0.251. The van der Waals surface area contributed by atoms with Crippen molar-refractivity contribution in [1.29, 1.82) is 0 Å². The number of carboxylic acids is 1. The molecule has 0 unspecified atom stereocenters. The van der Waals surface area contributed by atoms with E-state index < -0.39 is 43.4 Å². The summed E-state index contributed by atoms with van der Waals surface area (Å²) in [6.07, 6.45) is -9.75. The van der Waals surface area contributed by atoms with Gasteiger partial charge in [0.05, 0.1) is 25.6 Å². The summed E-state index contributed by atoms with van der Waals surface area (Å²) in [5.41, 5.74) is 0.688. The van der Waals surface area contributed by atoms with Gasteiger partial charge in [-0.2, -0.15) is 13.2 Å². The Bertz CT molecular complexity index is 578. The fraction of sp³-hybridized carbons (Fsp3) is 0.467. The van der Waals surface area contributed by atoms with Crippen LogP contribution < -0.4 is 0 Å². The number of hydrogen-bond donors (Lipinski definition) is 1. The molecular formula is C15H16F3NO5. The van der Waals surface area contributed by atoms with E-state index >= 15 is 0 Å². The summed E-state index contributed by atoms with van der Waals surface area (Å²) < 4.78 is 48.4. The largest absolute Gasteiger partial charge is 0.481 e. The summed E-state index contributed by atoms with van der Waals surface area (Å²) in [5, 5.41) is 8.74. The zero-order chi connectivity index (χ0) is 17.7.